The number of carbonyl (C=O) groups is 1. The Labute approximate surface area is 308 Å². The molecule has 1 saturated heterocycles. The topological polar surface area (TPSA) is 54.0 Å². The second kappa shape index (κ2) is 26.0. The summed E-state index contributed by atoms with van der Waals surface area (Å²) in [5.74, 6) is 1.96. The first-order chi connectivity index (χ1) is 24.4. The molecular weight excluding hydrogens is 620 g/mol. The van der Waals surface area contributed by atoms with E-state index < -0.39 is 0 Å². The maximum atomic E-state index is 11.9. The largest absolute Gasteiger partial charge is 0.497 e. The molecule has 0 aliphatic carbocycles. The lowest BCUT2D eigenvalue weighted by Crippen LogP contribution is -2.30. The molecule has 3 rings (SSSR count). The van der Waals surface area contributed by atoms with Gasteiger partial charge in [-0.2, -0.15) is 0 Å². The fourth-order valence-electron chi connectivity index (χ4n) is 7.98. The first kappa shape index (κ1) is 42.6. The number of rotatable bonds is 30. The molecule has 2 heterocycles. The molecule has 2 unspecified atom stereocenters. The molecule has 0 spiro atoms. The van der Waals surface area contributed by atoms with Crippen LogP contribution in [0.2, 0.25) is 0 Å². The molecule has 0 bridgehead atoms. The van der Waals surface area contributed by atoms with Crippen LogP contribution in [0.1, 0.15) is 187 Å². The van der Waals surface area contributed by atoms with Crippen LogP contribution in [0.15, 0.2) is 35.9 Å². The van der Waals surface area contributed by atoms with Gasteiger partial charge in [0.05, 0.1) is 32.0 Å². The lowest BCUT2D eigenvalue weighted by molar-refractivity contribution is -0.139. The summed E-state index contributed by atoms with van der Waals surface area (Å²) in [4.78, 5) is 11.9. The molecule has 2 aliphatic rings. The van der Waals surface area contributed by atoms with E-state index in [0.29, 0.717) is 24.5 Å². The highest BCUT2D eigenvalue weighted by molar-refractivity contribution is 5.90. The average molecular weight is 697 g/mol. The molecule has 1 aromatic rings. The Balaban J connectivity index is 1.29. The summed E-state index contributed by atoms with van der Waals surface area (Å²) < 4.78 is 24.0. The molecule has 2 aliphatic heterocycles. The minimum atomic E-state index is -0.108. The van der Waals surface area contributed by atoms with Crippen molar-refractivity contribution in [1.29, 1.82) is 0 Å². The van der Waals surface area contributed by atoms with Gasteiger partial charge in [-0.15, -0.1) is 0 Å². The Kier molecular flexibility index (Phi) is 22.1. The Morgan fingerprint density at radius 2 is 1.26 bits per heavy atom. The van der Waals surface area contributed by atoms with Crippen molar-refractivity contribution in [2.24, 2.45) is 11.8 Å². The van der Waals surface area contributed by atoms with E-state index in [-0.39, 0.29) is 24.3 Å². The molecule has 0 N–H and O–H groups in total. The highest BCUT2D eigenvalue weighted by Crippen LogP contribution is 2.33. The SMILES string of the molecule is CCCCCCCCCCCCC(C)C1CC[C@H]([C@@H](CCCCCCCCCC[C@@H](C)CC2=C[C@H](C)OC2=O)OCc2ccc(OC)cc2)O1. The van der Waals surface area contributed by atoms with Crippen molar-refractivity contribution in [2.75, 3.05) is 7.11 Å². The number of cyclic esters (lactones) is 1. The van der Waals surface area contributed by atoms with Gasteiger partial charge >= 0.3 is 5.97 Å². The van der Waals surface area contributed by atoms with Gasteiger partial charge in [-0.05, 0) is 74.6 Å². The number of hydrogen-bond donors (Lipinski definition) is 0. The molecule has 1 aromatic carbocycles. The monoisotopic (exact) mass is 697 g/mol. The number of unbranched alkanes of at least 4 members (excludes halogenated alkanes) is 16. The third-order valence-corrected chi connectivity index (χ3v) is 11.3. The molecule has 0 aromatic heterocycles. The zero-order chi connectivity index (χ0) is 35.8. The average Bonchev–Trinajstić information content (AvgIpc) is 3.73. The maximum absolute atomic E-state index is 11.9. The van der Waals surface area contributed by atoms with E-state index in [1.165, 1.54) is 140 Å². The quantitative estimate of drug-likeness (QED) is 0.0592. The van der Waals surface area contributed by atoms with Crippen molar-refractivity contribution in [1.82, 2.24) is 0 Å². The van der Waals surface area contributed by atoms with Crippen LogP contribution in [-0.2, 0) is 25.6 Å². The Hall–Kier alpha value is -1.85. The summed E-state index contributed by atoms with van der Waals surface area (Å²) >= 11 is 0. The predicted octanol–water partition coefficient (Wildman–Crippen LogP) is 12.9. The Bertz CT molecular complexity index is 1030. The number of benzene rings is 1. The highest BCUT2D eigenvalue weighted by atomic mass is 16.6. The lowest BCUT2D eigenvalue weighted by atomic mass is 9.94. The zero-order valence-electron chi connectivity index (χ0n) is 33.1. The molecule has 5 heteroatoms. The second-order valence-corrected chi connectivity index (χ2v) is 16.0. The van der Waals surface area contributed by atoms with Gasteiger partial charge in [-0.25, -0.2) is 4.79 Å². The maximum Gasteiger partial charge on any atom is 0.334 e. The number of esters is 1. The van der Waals surface area contributed by atoms with Crippen LogP contribution in [0.25, 0.3) is 0 Å². The highest BCUT2D eigenvalue weighted by Gasteiger charge is 2.34. The van der Waals surface area contributed by atoms with E-state index in [2.05, 4.69) is 32.9 Å². The van der Waals surface area contributed by atoms with Crippen LogP contribution >= 0.6 is 0 Å². The van der Waals surface area contributed by atoms with E-state index in [0.717, 1.165) is 30.6 Å². The van der Waals surface area contributed by atoms with Gasteiger partial charge in [-0.1, -0.05) is 155 Å². The van der Waals surface area contributed by atoms with Crippen LogP contribution < -0.4 is 4.74 Å². The molecule has 1 fully saturated rings. The third kappa shape index (κ3) is 17.6. The number of carbonyl (C=O) groups excluding carboxylic acids is 1. The fraction of sp³-hybridized carbons (Fsp3) is 0.800. The van der Waals surface area contributed by atoms with Gasteiger partial charge in [0.25, 0.3) is 0 Å². The predicted molar refractivity (Wildman–Crippen MR) is 209 cm³/mol. The Morgan fingerprint density at radius 1 is 0.720 bits per heavy atom. The van der Waals surface area contributed by atoms with Crippen LogP contribution in [0, 0.1) is 11.8 Å². The number of hydrogen-bond acceptors (Lipinski definition) is 5. The summed E-state index contributed by atoms with van der Waals surface area (Å²) in [5.41, 5.74) is 2.08. The number of methoxy groups -OCH3 is 1. The normalized spacial score (nSPS) is 20.9. The molecular formula is C45H76O5. The lowest BCUT2D eigenvalue weighted by Gasteiger charge is -2.26. The first-order valence-electron chi connectivity index (χ1n) is 21.2. The minimum Gasteiger partial charge on any atom is -0.497 e. The molecule has 0 radical (unpaired) electrons. The van der Waals surface area contributed by atoms with Crippen molar-refractivity contribution in [3.8, 4) is 5.75 Å². The second-order valence-electron chi connectivity index (χ2n) is 16.0. The zero-order valence-corrected chi connectivity index (χ0v) is 33.1. The standard InChI is InChI=1S/C45H76O5/c1-6-7-8-9-10-11-12-16-19-22-25-37(3)42-31-32-44(50-42)43(48-35-39-27-29-41(47-5)30-28-39)26-23-20-17-14-13-15-18-21-24-36(2)33-40-34-38(4)49-45(40)46/h27-30,34,36-38,42-44H,6-26,31-33,35H2,1-5H3/t36-,37?,38+,42?,43-,44-/m1/s1. The summed E-state index contributed by atoms with van der Waals surface area (Å²) in [7, 11) is 1.71. The smallest absolute Gasteiger partial charge is 0.334 e. The van der Waals surface area contributed by atoms with Crippen molar-refractivity contribution >= 4 is 5.97 Å². The molecule has 286 valence electrons. The van der Waals surface area contributed by atoms with Crippen LogP contribution in [0.4, 0.5) is 0 Å². The number of ether oxygens (including phenoxy) is 4. The molecule has 50 heavy (non-hydrogen) atoms. The summed E-state index contributed by atoms with van der Waals surface area (Å²) in [6.07, 6.45) is 33.7. The molecule has 0 saturated carbocycles. The van der Waals surface area contributed by atoms with Gasteiger partial charge in [0.15, 0.2) is 0 Å². The van der Waals surface area contributed by atoms with Crippen LogP contribution in [-0.4, -0.2) is 37.5 Å². The van der Waals surface area contributed by atoms with Crippen LogP contribution in [0.3, 0.4) is 0 Å². The van der Waals surface area contributed by atoms with Gasteiger partial charge in [0, 0.05) is 5.57 Å². The van der Waals surface area contributed by atoms with Crippen molar-refractivity contribution in [3.05, 3.63) is 41.5 Å². The first-order valence-corrected chi connectivity index (χ1v) is 21.2. The van der Waals surface area contributed by atoms with E-state index in [1.54, 1.807) is 7.11 Å². The van der Waals surface area contributed by atoms with Crippen molar-refractivity contribution in [2.45, 2.75) is 213 Å². The van der Waals surface area contributed by atoms with E-state index >= 15 is 0 Å². The van der Waals surface area contributed by atoms with Gasteiger partial charge < -0.3 is 18.9 Å². The van der Waals surface area contributed by atoms with Gasteiger partial charge in [-0.3, -0.25) is 0 Å². The molecule has 6 atom stereocenters. The van der Waals surface area contributed by atoms with E-state index in [4.69, 9.17) is 18.9 Å². The van der Waals surface area contributed by atoms with Crippen molar-refractivity contribution < 1.29 is 23.7 Å². The van der Waals surface area contributed by atoms with E-state index in [9.17, 15) is 4.79 Å². The summed E-state index contributed by atoms with van der Waals surface area (Å²) in [6.45, 7) is 9.55. The van der Waals surface area contributed by atoms with Gasteiger partial charge in [0.1, 0.15) is 11.9 Å². The third-order valence-electron chi connectivity index (χ3n) is 11.3. The Morgan fingerprint density at radius 3 is 1.82 bits per heavy atom. The van der Waals surface area contributed by atoms with E-state index in [1.807, 2.05) is 25.1 Å². The van der Waals surface area contributed by atoms with Gasteiger partial charge in [0.2, 0.25) is 0 Å². The molecule has 0 amide bonds. The molecule has 5 nitrogen and oxygen atoms in total. The fourth-order valence-corrected chi connectivity index (χ4v) is 7.98. The summed E-state index contributed by atoms with van der Waals surface area (Å²) in [5, 5.41) is 0. The minimum absolute atomic E-state index is 0.0522. The summed E-state index contributed by atoms with van der Waals surface area (Å²) in [6, 6.07) is 8.29. The van der Waals surface area contributed by atoms with Crippen molar-refractivity contribution in [3.63, 3.8) is 0 Å². The van der Waals surface area contributed by atoms with Crippen LogP contribution in [0.5, 0.6) is 5.75 Å².